The summed E-state index contributed by atoms with van der Waals surface area (Å²) in [6, 6.07) is 9.25. The van der Waals surface area contributed by atoms with Crippen molar-refractivity contribution < 1.29 is 9.53 Å². The SMILES string of the molecule is CCCOc1ccc(C=NNC(=O)CSc2ncccn2)cc1. The molecule has 0 atom stereocenters. The molecular weight excluding hydrogens is 312 g/mol. The van der Waals surface area contributed by atoms with Gasteiger partial charge in [-0.1, -0.05) is 18.7 Å². The average Bonchev–Trinajstić information content (AvgIpc) is 2.60. The van der Waals surface area contributed by atoms with Crippen LogP contribution in [-0.2, 0) is 4.79 Å². The summed E-state index contributed by atoms with van der Waals surface area (Å²) in [6.45, 7) is 2.76. The number of thioether (sulfide) groups is 1. The molecule has 1 amide bonds. The number of amides is 1. The number of benzene rings is 1. The molecule has 0 bridgehead atoms. The van der Waals surface area contributed by atoms with E-state index in [4.69, 9.17) is 4.74 Å². The minimum atomic E-state index is -0.207. The highest BCUT2D eigenvalue weighted by atomic mass is 32.2. The van der Waals surface area contributed by atoms with E-state index in [0.717, 1.165) is 17.7 Å². The first-order valence-electron chi connectivity index (χ1n) is 7.22. The number of ether oxygens (including phenoxy) is 1. The maximum Gasteiger partial charge on any atom is 0.250 e. The number of carbonyl (C=O) groups is 1. The fraction of sp³-hybridized carbons (Fsp3) is 0.250. The van der Waals surface area contributed by atoms with E-state index in [0.29, 0.717) is 11.8 Å². The summed E-state index contributed by atoms with van der Waals surface area (Å²) in [5, 5.41) is 4.49. The van der Waals surface area contributed by atoms with Crippen molar-refractivity contribution in [2.75, 3.05) is 12.4 Å². The number of rotatable bonds is 8. The van der Waals surface area contributed by atoms with Crippen LogP contribution in [0.3, 0.4) is 0 Å². The van der Waals surface area contributed by atoms with Gasteiger partial charge in [-0.2, -0.15) is 5.10 Å². The van der Waals surface area contributed by atoms with Crippen molar-refractivity contribution in [2.45, 2.75) is 18.5 Å². The van der Waals surface area contributed by atoms with E-state index in [9.17, 15) is 4.79 Å². The quantitative estimate of drug-likeness (QED) is 0.348. The molecule has 120 valence electrons. The molecule has 1 aromatic heterocycles. The normalized spacial score (nSPS) is 10.7. The van der Waals surface area contributed by atoms with Crippen molar-refractivity contribution in [1.29, 1.82) is 0 Å². The lowest BCUT2D eigenvalue weighted by atomic mass is 10.2. The Kier molecular flexibility index (Phi) is 7.06. The highest BCUT2D eigenvalue weighted by Crippen LogP contribution is 2.11. The second-order valence-electron chi connectivity index (χ2n) is 4.53. The molecule has 0 saturated carbocycles. The Bertz CT molecular complexity index is 632. The van der Waals surface area contributed by atoms with E-state index in [1.165, 1.54) is 11.8 Å². The molecule has 2 aromatic rings. The predicted molar refractivity (Wildman–Crippen MR) is 90.7 cm³/mol. The molecule has 1 heterocycles. The third-order valence-electron chi connectivity index (χ3n) is 2.63. The number of hydrogen-bond donors (Lipinski definition) is 1. The van der Waals surface area contributed by atoms with E-state index in [-0.39, 0.29) is 11.7 Å². The van der Waals surface area contributed by atoms with Crippen molar-refractivity contribution in [3.05, 3.63) is 48.3 Å². The van der Waals surface area contributed by atoms with Crippen LogP contribution >= 0.6 is 11.8 Å². The summed E-state index contributed by atoms with van der Waals surface area (Å²) in [5.74, 6) is 0.833. The minimum absolute atomic E-state index is 0.207. The van der Waals surface area contributed by atoms with Crippen LogP contribution in [0.2, 0.25) is 0 Å². The summed E-state index contributed by atoms with van der Waals surface area (Å²) in [5.41, 5.74) is 3.36. The molecule has 0 saturated heterocycles. The van der Waals surface area contributed by atoms with E-state index in [2.05, 4.69) is 27.4 Å². The Hall–Kier alpha value is -2.41. The van der Waals surface area contributed by atoms with Gasteiger partial charge in [0.15, 0.2) is 5.16 Å². The second-order valence-corrected chi connectivity index (χ2v) is 5.47. The monoisotopic (exact) mass is 330 g/mol. The van der Waals surface area contributed by atoms with Crippen LogP contribution in [0.1, 0.15) is 18.9 Å². The van der Waals surface area contributed by atoms with Gasteiger partial charge in [0.2, 0.25) is 0 Å². The number of hydrogen-bond acceptors (Lipinski definition) is 6. The first kappa shape index (κ1) is 17.0. The summed E-state index contributed by atoms with van der Waals surface area (Å²) >= 11 is 1.26. The molecule has 23 heavy (non-hydrogen) atoms. The lowest BCUT2D eigenvalue weighted by Gasteiger charge is -2.03. The van der Waals surface area contributed by atoms with Gasteiger partial charge in [-0.15, -0.1) is 0 Å². The Balaban J connectivity index is 1.74. The number of nitrogens with zero attached hydrogens (tertiary/aromatic N) is 3. The highest BCUT2D eigenvalue weighted by molar-refractivity contribution is 7.99. The fourth-order valence-electron chi connectivity index (χ4n) is 1.57. The van der Waals surface area contributed by atoms with Gasteiger partial charge in [-0.25, -0.2) is 15.4 Å². The molecule has 0 aliphatic rings. The Morgan fingerprint density at radius 1 is 1.30 bits per heavy atom. The van der Waals surface area contributed by atoms with Crippen molar-refractivity contribution >= 4 is 23.9 Å². The van der Waals surface area contributed by atoms with Crippen molar-refractivity contribution in [3.8, 4) is 5.75 Å². The summed E-state index contributed by atoms with van der Waals surface area (Å²) in [6.07, 6.45) is 5.84. The van der Waals surface area contributed by atoms with Gasteiger partial charge in [0.25, 0.3) is 5.91 Å². The van der Waals surface area contributed by atoms with Crippen molar-refractivity contribution in [2.24, 2.45) is 5.10 Å². The standard InChI is InChI=1S/C16H18N4O2S/c1-2-10-22-14-6-4-13(5-7-14)11-19-20-15(21)12-23-16-17-8-3-9-18-16/h3-9,11H,2,10,12H2,1H3,(H,20,21). The van der Waals surface area contributed by atoms with Gasteiger partial charge in [-0.3, -0.25) is 4.79 Å². The van der Waals surface area contributed by atoms with Crippen LogP contribution in [0.5, 0.6) is 5.75 Å². The zero-order valence-corrected chi connectivity index (χ0v) is 13.6. The lowest BCUT2D eigenvalue weighted by molar-refractivity contribution is -0.118. The maximum absolute atomic E-state index is 11.7. The molecule has 0 radical (unpaired) electrons. The molecule has 6 nitrogen and oxygen atoms in total. The number of hydrazone groups is 1. The van der Waals surface area contributed by atoms with Gasteiger partial charge in [0.05, 0.1) is 18.6 Å². The number of carbonyl (C=O) groups excluding carboxylic acids is 1. The van der Waals surface area contributed by atoms with Gasteiger partial charge in [0, 0.05) is 12.4 Å². The largest absolute Gasteiger partial charge is 0.494 e. The van der Waals surface area contributed by atoms with Crippen LogP contribution in [-0.4, -0.2) is 34.4 Å². The molecule has 1 aromatic carbocycles. The predicted octanol–water partition coefficient (Wildman–Crippen LogP) is 2.51. The van der Waals surface area contributed by atoms with Gasteiger partial charge in [-0.05, 0) is 42.3 Å². The van der Waals surface area contributed by atoms with Gasteiger partial charge >= 0.3 is 0 Å². The van der Waals surface area contributed by atoms with E-state index < -0.39 is 0 Å². The topological polar surface area (TPSA) is 76.5 Å². The first-order valence-corrected chi connectivity index (χ1v) is 8.21. The van der Waals surface area contributed by atoms with E-state index in [1.54, 1.807) is 24.7 Å². The third kappa shape index (κ3) is 6.48. The molecule has 0 aliphatic heterocycles. The van der Waals surface area contributed by atoms with Crippen LogP contribution in [0.4, 0.5) is 0 Å². The minimum Gasteiger partial charge on any atom is -0.494 e. The van der Waals surface area contributed by atoms with Crippen LogP contribution in [0.25, 0.3) is 0 Å². The molecule has 0 unspecified atom stereocenters. The van der Waals surface area contributed by atoms with Crippen molar-refractivity contribution in [3.63, 3.8) is 0 Å². The first-order chi connectivity index (χ1) is 11.3. The summed E-state index contributed by atoms with van der Waals surface area (Å²) in [4.78, 5) is 19.7. The van der Waals surface area contributed by atoms with Crippen LogP contribution < -0.4 is 10.2 Å². The van der Waals surface area contributed by atoms with Crippen molar-refractivity contribution in [1.82, 2.24) is 15.4 Å². The summed E-state index contributed by atoms with van der Waals surface area (Å²) in [7, 11) is 0. The average molecular weight is 330 g/mol. The highest BCUT2D eigenvalue weighted by Gasteiger charge is 2.02. The van der Waals surface area contributed by atoms with Gasteiger partial charge in [0.1, 0.15) is 5.75 Å². The molecule has 2 rings (SSSR count). The fourth-order valence-corrected chi connectivity index (χ4v) is 2.17. The number of nitrogens with one attached hydrogen (secondary N) is 1. The molecule has 1 N–H and O–H groups in total. The molecule has 0 fully saturated rings. The molecule has 0 spiro atoms. The van der Waals surface area contributed by atoms with E-state index in [1.807, 2.05) is 24.3 Å². The van der Waals surface area contributed by atoms with E-state index >= 15 is 0 Å². The molecular formula is C16H18N4O2S. The Labute approximate surface area is 139 Å². The molecule has 7 heteroatoms. The number of aromatic nitrogens is 2. The zero-order valence-electron chi connectivity index (χ0n) is 12.8. The second kappa shape index (κ2) is 9.58. The third-order valence-corrected chi connectivity index (χ3v) is 3.51. The van der Waals surface area contributed by atoms with Crippen LogP contribution in [0, 0.1) is 0 Å². The maximum atomic E-state index is 11.7. The van der Waals surface area contributed by atoms with Gasteiger partial charge < -0.3 is 4.74 Å². The smallest absolute Gasteiger partial charge is 0.250 e. The van der Waals surface area contributed by atoms with Crippen LogP contribution in [0.15, 0.2) is 53.0 Å². The summed E-state index contributed by atoms with van der Waals surface area (Å²) < 4.78 is 5.50. The lowest BCUT2D eigenvalue weighted by Crippen LogP contribution is -2.19. The Morgan fingerprint density at radius 2 is 2.04 bits per heavy atom. The zero-order chi connectivity index (χ0) is 16.3. The molecule has 0 aliphatic carbocycles. The Morgan fingerprint density at radius 3 is 2.74 bits per heavy atom.